The quantitative estimate of drug-likeness (QED) is 0.616. The number of aryl methyl sites for hydroxylation is 1. The molecule has 0 aliphatic rings. The fraction of sp³-hybridized carbons (Fsp3) is 0.0625. The van der Waals surface area contributed by atoms with Crippen LogP contribution in [0.4, 0.5) is 5.88 Å². The summed E-state index contributed by atoms with van der Waals surface area (Å²) in [6, 6.07) is 14.0. The molecule has 5 heteroatoms. The predicted molar refractivity (Wildman–Crippen MR) is 91.9 cm³/mol. The molecule has 0 aliphatic heterocycles. The highest BCUT2D eigenvalue weighted by atomic mass is 79.9. The number of nitrogens with zero attached hydrogens (tertiary/aromatic N) is 1. The monoisotopic (exact) mass is 406 g/mol. The van der Waals surface area contributed by atoms with Gasteiger partial charge < -0.3 is 10.3 Å². The summed E-state index contributed by atoms with van der Waals surface area (Å²) in [5.74, 6) is 0.328. The van der Waals surface area contributed by atoms with E-state index in [2.05, 4.69) is 37.0 Å². The third-order valence-corrected chi connectivity index (χ3v) is 4.47. The molecule has 1 aromatic heterocycles. The summed E-state index contributed by atoms with van der Waals surface area (Å²) in [6.45, 7) is 2.04. The van der Waals surface area contributed by atoms with Gasteiger partial charge >= 0.3 is 0 Å². The van der Waals surface area contributed by atoms with E-state index in [9.17, 15) is 0 Å². The van der Waals surface area contributed by atoms with Crippen molar-refractivity contribution < 1.29 is 4.52 Å². The van der Waals surface area contributed by atoms with Gasteiger partial charge in [-0.05, 0) is 30.2 Å². The van der Waals surface area contributed by atoms with E-state index in [0.29, 0.717) is 5.88 Å². The second kappa shape index (κ2) is 5.66. The van der Waals surface area contributed by atoms with Crippen LogP contribution in [-0.2, 0) is 0 Å². The number of benzene rings is 2. The zero-order valence-electron chi connectivity index (χ0n) is 11.2. The molecular weight excluding hydrogens is 396 g/mol. The average molecular weight is 408 g/mol. The predicted octanol–water partition coefficient (Wildman–Crippen LogP) is 5.42. The van der Waals surface area contributed by atoms with E-state index in [0.717, 1.165) is 36.9 Å². The van der Waals surface area contributed by atoms with Crippen LogP contribution in [0, 0.1) is 6.92 Å². The standard InChI is InChI=1S/C16H12Br2N2O/c1-9-4-2-3-5-11(9)14-15(20-21-16(14)19)12-7-6-10(17)8-13(12)18/h2-8H,19H2,1H3. The largest absolute Gasteiger partial charge is 0.367 e. The Kier molecular flexibility index (Phi) is 3.87. The lowest BCUT2D eigenvalue weighted by molar-refractivity contribution is 0.439. The van der Waals surface area contributed by atoms with Crippen molar-refractivity contribution in [1.82, 2.24) is 5.16 Å². The van der Waals surface area contributed by atoms with Crippen molar-refractivity contribution in [3.05, 3.63) is 57.0 Å². The van der Waals surface area contributed by atoms with E-state index in [1.165, 1.54) is 0 Å². The first-order chi connectivity index (χ1) is 10.1. The number of aromatic nitrogens is 1. The molecule has 1 heterocycles. The Morgan fingerprint density at radius 1 is 1.05 bits per heavy atom. The van der Waals surface area contributed by atoms with Gasteiger partial charge in [-0.3, -0.25) is 0 Å². The fourth-order valence-corrected chi connectivity index (χ4v) is 3.52. The molecule has 0 bridgehead atoms. The molecule has 0 spiro atoms. The first kappa shape index (κ1) is 14.4. The Morgan fingerprint density at radius 3 is 2.52 bits per heavy atom. The number of hydrogen-bond donors (Lipinski definition) is 1. The van der Waals surface area contributed by atoms with Crippen LogP contribution in [0.3, 0.4) is 0 Å². The molecule has 0 saturated carbocycles. The topological polar surface area (TPSA) is 52.0 Å². The Hall–Kier alpha value is -1.59. The normalized spacial score (nSPS) is 10.8. The summed E-state index contributed by atoms with van der Waals surface area (Å²) in [5, 5.41) is 4.15. The zero-order chi connectivity index (χ0) is 15.0. The molecule has 0 radical (unpaired) electrons. The molecule has 3 nitrogen and oxygen atoms in total. The zero-order valence-corrected chi connectivity index (χ0v) is 14.4. The average Bonchev–Trinajstić information content (AvgIpc) is 2.81. The van der Waals surface area contributed by atoms with Gasteiger partial charge in [-0.25, -0.2) is 0 Å². The molecule has 2 N–H and O–H groups in total. The van der Waals surface area contributed by atoms with Crippen molar-refractivity contribution in [2.24, 2.45) is 0 Å². The van der Waals surface area contributed by atoms with E-state index >= 15 is 0 Å². The molecule has 106 valence electrons. The van der Waals surface area contributed by atoms with Crippen molar-refractivity contribution in [2.75, 3.05) is 5.73 Å². The molecule has 2 aromatic carbocycles. The minimum absolute atomic E-state index is 0.328. The van der Waals surface area contributed by atoms with E-state index in [1.54, 1.807) is 0 Å². The van der Waals surface area contributed by atoms with E-state index in [-0.39, 0.29) is 0 Å². The molecular formula is C16H12Br2N2O. The Morgan fingerprint density at radius 2 is 1.81 bits per heavy atom. The molecule has 21 heavy (non-hydrogen) atoms. The number of rotatable bonds is 2. The fourth-order valence-electron chi connectivity index (χ4n) is 2.28. The number of nitrogen functional groups attached to an aromatic ring is 1. The molecule has 3 aromatic rings. The third kappa shape index (κ3) is 2.63. The summed E-state index contributed by atoms with van der Waals surface area (Å²) in [6.07, 6.45) is 0. The van der Waals surface area contributed by atoms with Gasteiger partial charge in [0.25, 0.3) is 0 Å². The molecule has 0 amide bonds. The van der Waals surface area contributed by atoms with Crippen LogP contribution in [-0.4, -0.2) is 5.16 Å². The molecule has 0 fully saturated rings. The Labute approximate surface area is 139 Å². The maximum absolute atomic E-state index is 6.01. The highest BCUT2D eigenvalue weighted by molar-refractivity contribution is 9.11. The van der Waals surface area contributed by atoms with E-state index < -0.39 is 0 Å². The van der Waals surface area contributed by atoms with Gasteiger partial charge in [-0.15, -0.1) is 0 Å². The Balaban J connectivity index is 2.25. The first-order valence-corrected chi connectivity index (χ1v) is 7.93. The second-order valence-electron chi connectivity index (χ2n) is 4.71. The first-order valence-electron chi connectivity index (χ1n) is 6.34. The lowest BCUT2D eigenvalue weighted by Gasteiger charge is -2.07. The summed E-state index contributed by atoms with van der Waals surface area (Å²) in [4.78, 5) is 0. The number of anilines is 1. The molecule has 3 rings (SSSR count). The number of hydrogen-bond acceptors (Lipinski definition) is 3. The van der Waals surface area contributed by atoms with Crippen molar-refractivity contribution in [3.8, 4) is 22.4 Å². The van der Waals surface area contributed by atoms with Crippen molar-refractivity contribution in [3.63, 3.8) is 0 Å². The summed E-state index contributed by atoms with van der Waals surface area (Å²) >= 11 is 7.02. The molecule has 0 saturated heterocycles. The molecule has 0 unspecified atom stereocenters. The highest BCUT2D eigenvalue weighted by Gasteiger charge is 2.20. The SMILES string of the molecule is Cc1ccccc1-c1c(-c2ccc(Br)cc2Br)noc1N. The summed E-state index contributed by atoms with van der Waals surface area (Å²) < 4.78 is 7.16. The third-order valence-electron chi connectivity index (χ3n) is 3.32. The number of halogens is 2. The van der Waals surface area contributed by atoms with E-state index in [4.69, 9.17) is 10.3 Å². The smallest absolute Gasteiger partial charge is 0.230 e. The van der Waals surface area contributed by atoms with Gasteiger partial charge in [0.1, 0.15) is 5.69 Å². The van der Waals surface area contributed by atoms with Crippen LogP contribution in [0.2, 0.25) is 0 Å². The van der Waals surface area contributed by atoms with Crippen LogP contribution in [0.25, 0.3) is 22.4 Å². The van der Waals surface area contributed by atoms with Gasteiger partial charge in [0.2, 0.25) is 5.88 Å². The summed E-state index contributed by atoms with van der Waals surface area (Å²) in [5.41, 5.74) is 10.7. The lowest BCUT2D eigenvalue weighted by atomic mass is 9.97. The lowest BCUT2D eigenvalue weighted by Crippen LogP contribution is -1.90. The van der Waals surface area contributed by atoms with Crippen LogP contribution < -0.4 is 5.73 Å². The maximum Gasteiger partial charge on any atom is 0.230 e. The maximum atomic E-state index is 6.01. The van der Waals surface area contributed by atoms with Crippen molar-refractivity contribution >= 4 is 37.7 Å². The van der Waals surface area contributed by atoms with Crippen LogP contribution in [0.15, 0.2) is 55.9 Å². The highest BCUT2D eigenvalue weighted by Crippen LogP contribution is 2.40. The molecule has 0 aliphatic carbocycles. The summed E-state index contributed by atoms with van der Waals surface area (Å²) in [7, 11) is 0. The van der Waals surface area contributed by atoms with Crippen LogP contribution >= 0.6 is 31.9 Å². The van der Waals surface area contributed by atoms with Gasteiger partial charge in [-0.2, -0.15) is 0 Å². The second-order valence-corrected chi connectivity index (χ2v) is 6.48. The minimum atomic E-state index is 0.328. The van der Waals surface area contributed by atoms with Crippen LogP contribution in [0.1, 0.15) is 5.56 Å². The van der Waals surface area contributed by atoms with Crippen molar-refractivity contribution in [1.29, 1.82) is 0 Å². The van der Waals surface area contributed by atoms with Gasteiger partial charge in [-0.1, -0.05) is 67.3 Å². The number of nitrogens with two attached hydrogens (primary N) is 1. The molecule has 0 atom stereocenters. The van der Waals surface area contributed by atoms with Gasteiger partial charge in [0.15, 0.2) is 0 Å². The van der Waals surface area contributed by atoms with Gasteiger partial charge in [0, 0.05) is 14.5 Å². The Bertz CT molecular complexity index is 812. The van der Waals surface area contributed by atoms with Crippen LogP contribution in [0.5, 0.6) is 0 Å². The minimum Gasteiger partial charge on any atom is -0.367 e. The van der Waals surface area contributed by atoms with Crippen molar-refractivity contribution in [2.45, 2.75) is 6.92 Å². The van der Waals surface area contributed by atoms with Gasteiger partial charge in [0.05, 0.1) is 5.56 Å². The van der Waals surface area contributed by atoms with E-state index in [1.807, 2.05) is 49.4 Å².